The molecule has 1 aliphatic heterocycles. The van der Waals surface area contributed by atoms with Crippen LogP contribution < -0.4 is 5.32 Å². The van der Waals surface area contributed by atoms with Gasteiger partial charge in [0.15, 0.2) is 0 Å². The molecule has 0 spiro atoms. The van der Waals surface area contributed by atoms with E-state index in [1.165, 1.54) is 24.0 Å². The molecule has 0 unspecified atom stereocenters. The van der Waals surface area contributed by atoms with Gasteiger partial charge in [-0.3, -0.25) is 0 Å². The number of nitrogens with one attached hydrogen (secondary N) is 1. The van der Waals surface area contributed by atoms with Crippen LogP contribution in [0.4, 0.5) is 4.79 Å². The van der Waals surface area contributed by atoms with Gasteiger partial charge in [0.1, 0.15) is 0 Å². The van der Waals surface area contributed by atoms with E-state index in [-0.39, 0.29) is 18.1 Å². The molecule has 4 heteroatoms. The third-order valence-corrected chi connectivity index (χ3v) is 4.44. The van der Waals surface area contributed by atoms with E-state index in [1.54, 1.807) is 0 Å². The molecule has 21 heavy (non-hydrogen) atoms. The van der Waals surface area contributed by atoms with E-state index >= 15 is 0 Å². The molecule has 0 bridgehead atoms. The maximum Gasteiger partial charge on any atom is 0.318 e. The summed E-state index contributed by atoms with van der Waals surface area (Å²) in [5.74, 6) is 0.591. The molecule has 2 atom stereocenters. The van der Waals surface area contributed by atoms with Crippen molar-refractivity contribution in [3.63, 3.8) is 0 Å². The molecule has 2 amide bonds. The first-order chi connectivity index (χ1) is 10.1. The van der Waals surface area contributed by atoms with Crippen LogP contribution in [0.25, 0.3) is 0 Å². The molecular weight excluding hydrogens is 264 g/mol. The van der Waals surface area contributed by atoms with Crippen LogP contribution >= 0.6 is 0 Å². The molecule has 1 heterocycles. The highest BCUT2D eigenvalue weighted by Crippen LogP contribution is 2.41. The highest BCUT2D eigenvalue weighted by molar-refractivity contribution is 5.75. The molecule has 2 aliphatic rings. The van der Waals surface area contributed by atoms with Crippen molar-refractivity contribution in [2.45, 2.75) is 38.8 Å². The summed E-state index contributed by atoms with van der Waals surface area (Å²) in [6.45, 7) is 6.07. The van der Waals surface area contributed by atoms with Gasteiger partial charge in [-0.1, -0.05) is 29.8 Å². The molecule has 4 nitrogen and oxygen atoms in total. The topological polar surface area (TPSA) is 41.6 Å². The van der Waals surface area contributed by atoms with Gasteiger partial charge in [-0.15, -0.1) is 0 Å². The molecule has 1 aromatic rings. The molecule has 1 saturated carbocycles. The standard InChI is InChI=1S/C17H24N2O2/c1-12-3-5-14(6-4-12)16(15-7-8-15)18-17(20)19-9-10-21-11-13(19)2/h3-6,13,15-16H,7-11H2,1-2H3,(H,18,20)/t13-,16+/m0/s1. The molecule has 0 aromatic heterocycles. The summed E-state index contributed by atoms with van der Waals surface area (Å²) in [7, 11) is 0. The highest BCUT2D eigenvalue weighted by Gasteiger charge is 2.35. The van der Waals surface area contributed by atoms with E-state index in [9.17, 15) is 4.79 Å². The van der Waals surface area contributed by atoms with Crippen LogP contribution in [-0.2, 0) is 4.74 Å². The molecule has 1 aliphatic carbocycles. The molecule has 2 fully saturated rings. The summed E-state index contributed by atoms with van der Waals surface area (Å²) in [6.07, 6.45) is 2.41. The summed E-state index contributed by atoms with van der Waals surface area (Å²) >= 11 is 0. The van der Waals surface area contributed by atoms with Gasteiger partial charge in [-0.25, -0.2) is 4.79 Å². The Morgan fingerprint density at radius 2 is 2.05 bits per heavy atom. The molecule has 114 valence electrons. The second-order valence-corrected chi connectivity index (χ2v) is 6.29. The molecule has 1 N–H and O–H groups in total. The number of nitrogens with zero attached hydrogens (tertiary/aromatic N) is 1. The van der Waals surface area contributed by atoms with Gasteiger partial charge >= 0.3 is 6.03 Å². The van der Waals surface area contributed by atoms with Crippen LogP contribution in [0.15, 0.2) is 24.3 Å². The van der Waals surface area contributed by atoms with Crippen LogP contribution in [0.5, 0.6) is 0 Å². The van der Waals surface area contributed by atoms with Crippen molar-refractivity contribution >= 4 is 6.03 Å². The number of amides is 2. The highest BCUT2D eigenvalue weighted by atomic mass is 16.5. The number of benzene rings is 1. The average Bonchev–Trinajstić information content (AvgIpc) is 3.31. The predicted molar refractivity (Wildman–Crippen MR) is 82.2 cm³/mol. The lowest BCUT2D eigenvalue weighted by atomic mass is 10.0. The SMILES string of the molecule is Cc1ccc([C@@H](NC(=O)N2CCOC[C@@H]2C)C2CC2)cc1. The Hall–Kier alpha value is -1.55. The number of rotatable bonds is 3. The lowest BCUT2D eigenvalue weighted by molar-refractivity contribution is 0.0182. The van der Waals surface area contributed by atoms with Gasteiger partial charge in [0.25, 0.3) is 0 Å². The van der Waals surface area contributed by atoms with Gasteiger partial charge in [0.2, 0.25) is 0 Å². The van der Waals surface area contributed by atoms with Crippen molar-refractivity contribution in [1.82, 2.24) is 10.2 Å². The second kappa shape index (κ2) is 6.06. The molecule has 0 radical (unpaired) electrons. The first kappa shape index (κ1) is 14.4. The fourth-order valence-corrected chi connectivity index (χ4v) is 2.92. The van der Waals surface area contributed by atoms with Crippen molar-refractivity contribution in [3.8, 4) is 0 Å². The zero-order chi connectivity index (χ0) is 14.8. The Morgan fingerprint density at radius 3 is 2.67 bits per heavy atom. The fraction of sp³-hybridized carbons (Fsp3) is 0.588. The largest absolute Gasteiger partial charge is 0.377 e. The lowest BCUT2D eigenvalue weighted by Crippen LogP contribution is -2.52. The second-order valence-electron chi connectivity index (χ2n) is 6.29. The van der Waals surface area contributed by atoms with Crippen molar-refractivity contribution in [2.75, 3.05) is 19.8 Å². The first-order valence-corrected chi connectivity index (χ1v) is 7.86. The Morgan fingerprint density at radius 1 is 1.33 bits per heavy atom. The molecule has 3 rings (SSSR count). The van der Waals surface area contributed by atoms with Crippen LogP contribution in [0, 0.1) is 12.8 Å². The van der Waals surface area contributed by atoms with Crippen LogP contribution in [0.2, 0.25) is 0 Å². The molecular formula is C17H24N2O2. The lowest BCUT2D eigenvalue weighted by Gasteiger charge is -2.34. The van der Waals surface area contributed by atoms with E-state index in [2.05, 4.69) is 36.5 Å². The molecule has 1 aromatic carbocycles. The summed E-state index contributed by atoms with van der Waals surface area (Å²) in [5, 5.41) is 3.25. The maximum atomic E-state index is 12.6. The van der Waals surface area contributed by atoms with Gasteiger partial charge in [-0.05, 0) is 38.2 Å². The number of morpholine rings is 1. The van der Waals surface area contributed by atoms with Crippen LogP contribution in [-0.4, -0.2) is 36.7 Å². The monoisotopic (exact) mass is 288 g/mol. The van der Waals surface area contributed by atoms with Crippen LogP contribution in [0.1, 0.15) is 36.9 Å². The summed E-state index contributed by atoms with van der Waals surface area (Å²) in [6, 6.07) is 8.86. The van der Waals surface area contributed by atoms with E-state index in [1.807, 2.05) is 11.8 Å². The van der Waals surface area contributed by atoms with E-state index in [0.29, 0.717) is 25.7 Å². The number of ether oxygens (including phenoxy) is 1. The number of carbonyl (C=O) groups excluding carboxylic acids is 1. The zero-order valence-electron chi connectivity index (χ0n) is 12.8. The Balaban J connectivity index is 1.70. The quantitative estimate of drug-likeness (QED) is 0.929. The number of urea groups is 1. The fourth-order valence-electron chi connectivity index (χ4n) is 2.92. The third-order valence-electron chi connectivity index (χ3n) is 4.44. The Labute approximate surface area is 126 Å². The number of hydrogen-bond donors (Lipinski definition) is 1. The predicted octanol–water partition coefficient (Wildman–Crippen LogP) is 2.88. The van der Waals surface area contributed by atoms with Crippen molar-refractivity contribution in [1.29, 1.82) is 0 Å². The number of hydrogen-bond acceptors (Lipinski definition) is 2. The smallest absolute Gasteiger partial charge is 0.318 e. The van der Waals surface area contributed by atoms with Gasteiger partial charge in [0.05, 0.1) is 25.3 Å². The number of aryl methyl sites for hydroxylation is 1. The van der Waals surface area contributed by atoms with Crippen molar-refractivity contribution < 1.29 is 9.53 Å². The van der Waals surface area contributed by atoms with Gasteiger partial charge < -0.3 is 15.0 Å². The normalized spacial score (nSPS) is 23.7. The van der Waals surface area contributed by atoms with E-state index < -0.39 is 0 Å². The Kier molecular flexibility index (Phi) is 4.15. The maximum absolute atomic E-state index is 12.6. The average molecular weight is 288 g/mol. The minimum Gasteiger partial charge on any atom is -0.377 e. The summed E-state index contributed by atoms with van der Waals surface area (Å²) in [5.41, 5.74) is 2.47. The minimum absolute atomic E-state index is 0.0447. The summed E-state index contributed by atoms with van der Waals surface area (Å²) in [4.78, 5) is 14.4. The third kappa shape index (κ3) is 3.38. The molecule has 1 saturated heterocycles. The zero-order valence-corrected chi connectivity index (χ0v) is 12.8. The first-order valence-electron chi connectivity index (χ1n) is 7.86. The summed E-state index contributed by atoms with van der Waals surface area (Å²) < 4.78 is 5.40. The van der Waals surface area contributed by atoms with Crippen molar-refractivity contribution in [3.05, 3.63) is 35.4 Å². The van der Waals surface area contributed by atoms with Gasteiger partial charge in [0, 0.05) is 6.54 Å². The van der Waals surface area contributed by atoms with E-state index in [0.717, 1.165) is 0 Å². The Bertz CT molecular complexity index is 496. The van der Waals surface area contributed by atoms with Crippen LogP contribution in [0.3, 0.4) is 0 Å². The minimum atomic E-state index is 0.0447. The van der Waals surface area contributed by atoms with Crippen molar-refractivity contribution in [2.24, 2.45) is 5.92 Å². The van der Waals surface area contributed by atoms with Gasteiger partial charge in [-0.2, -0.15) is 0 Å². The van der Waals surface area contributed by atoms with E-state index in [4.69, 9.17) is 4.74 Å². The number of carbonyl (C=O) groups is 1.